The van der Waals surface area contributed by atoms with Gasteiger partial charge < -0.3 is 9.47 Å². The van der Waals surface area contributed by atoms with Crippen LogP contribution in [0.1, 0.15) is 62.2 Å². The number of fused-ring (bicyclic) bond motifs is 1. The lowest BCUT2D eigenvalue weighted by Gasteiger charge is -2.31. The van der Waals surface area contributed by atoms with Gasteiger partial charge in [-0.25, -0.2) is 4.79 Å². The van der Waals surface area contributed by atoms with E-state index in [-0.39, 0.29) is 41.1 Å². The average Bonchev–Trinajstić information content (AvgIpc) is 3.23. The maximum Gasteiger partial charge on any atom is 0.338 e. The fourth-order valence-corrected chi connectivity index (χ4v) is 5.05. The van der Waals surface area contributed by atoms with Crippen molar-refractivity contribution in [3.05, 3.63) is 48.0 Å². The summed E-state index contributed by atoms with van der Waals surface area (Å²) in [6.07, 6.45) is 8.90. The zero-order chi connectivity index (χ0) is 20.4. The molecule has 29 heavy (non-hydrogen) atoms. The van der Waals surface area contributed by atoms with Crippen LogP contribution in [-0.2, 0) is 19.1 Å². The van der Waals surface area contributed by atoms with E-state index in [1.807, 2.05) is 19.1 Å². The van der Waals surface area contributed by atoms with E-state index in [1.165, 1.54) is 6.42 Å². The largest absolute Gasteiger partial charge is 0.462 e. The SMILES string of the molecule is CC1(C(=O)/C=C/[C@@H]2[C@H]3CC(=O)O[C@H]3C[C@H]2OC(=O)c2ccccc2)CCCCC1. The number of allylic oxidation sites excluding steroid dienone is 1. The number of esters is 2. The molecular weight excluding hydrogens is 368 g/mol. The van der Waals surface area contributed by atoms with Crippen LogP contribution in [0.2, 0.25) is 0 Å². The molecule has 4 rings (SSSR count). The Morgan fingerprint density at radius 1 is 1.14 bits per heavy atom. The maximum absolute atomic E-state index is 12.9. The molecule has 0 N–H and O–H groups in total. The number of hydrogen-bond donors (Lipinski definition) is 0. The van der Waals surface area contributed by atoms with Gasteiger partial charge >= 0.3 is 11.9 Å². The predicted octanol–water partition coefficient (Wildman–Crippen LogP) is 4.26. The molecule has 5 heteroatoms. The van der Waals surface area contributed by atoms with Gasteiger partial charge in [-0.1, -0.05) is 50.5 Å². The van der Waals surface area contributed by atoms with Crippen LogP contribution in [0.15, 0.2) is 42.5 Å². The molecule has 154 valence electrons. The topological polar surface area (TPSA) is 69.7 Å². The number of carbonyl (C=O) groups excluding carboxylic acids is 3. The molecule has 0 bridgehead atoms. The quantitative estimate of drug-likeness (QED) is 0.549. The first kappa shape index (κ1) is 19.9. The van der Waals surface area contributed by atoms with Gasteiger partial charge in [0.25, 0.3) is 0 Å². The van der Waals surface area contributed by atoms with Gasteiger partial charge in [0.1, 0.15) is 12.2 Å². The molecule has 1 saturated heterocycles. The van der Waals surface area contributed by atoms with Gasteiger partial charge in [0.05, 0.1) is 12.0 Å². The second kappa shape index (κ2) is 8.13. The van der Waals surface area contributed by atoms with Gasteiger partial charge in [0.2, 0.25) is 0 Å². The molecule has 5 nitrogen and oxygen atoms in total. The highest BCUT2D eigenvalue weighted by atomic mass is 16.6. The first-order valence-electron chi connectivity index (χ1n) is 10.6. The highest BCUT2D eigenvalue weighted by Gasteiger charge is 2.51. The van der Waals surface area contributed by atoms with Crippen molar-refractivity contribution in [1.29, 1.82) is 0 Å². The summed E-state index contributed by atoms with van der Waals surface area (Å²) >= 11 is 0. The van der Waals surface area contributed by atoms with Gasteiger partial charge in [0.15, 0.2) is 5.78 Å². The van der Waals surface area contributed by atoms with Crippen molar-refractivity contribution in [2.45, 2.75) is 64.1 Å². The number of hydrogen-bond acceptors (Lipinski definition) is 5. The van der Waals surface area contributed by atoms with E-state index in [0.29, 0.717) is 18.4 Å². The lowest BCUT2D eigenvalue weighted by atomic mass is 9.72. The summed E-state index contributed by atoms with van der Waals surface area (Å²) in [7, 11) is 0. The van der Waals surface area contributed by atoms with Crippen LogP contribution in [0.25, 0.3) is 0 Å². The maximum atomic E-state index is 12.9. The fourth-order valence-electron chi connectivity index (χ4n) is 5.05. The van der Waals surface area contributed by atoms with Crippen molar-refractivity contribution >= 4 is 17.7 Å². The van der Waals surface area contributed by atoms with E-state index in [1.54, 1.807) is 30.3 Å². The highest BCUT2D eigenvalue weighted by Crippen LogP contribution is 2.44. The molecule has 0 unspecified atom stereocenters. The standard InChI is InChI=1S/C24H28O5/c1-24(12-6-3-7-13-24)21(25)11-10-17-18-14-22(26)28-20(18)15-19(17)29-23(27)16-8-4-2-5-9-16/h2,4-5,8-11,17-20H,3,6-7,12-15H2,1H3/b11-10+/t17-,18-,19-,20+/m1/s1. The Bertz CT molecular complexity index is 806. The van der Waals surface area contributed by atoms with E-state index in [4.69, 9.17) is 9.47 Å². The van der Waals surface area contributed by atoms with Gasteiger partial charge in [-0.15, -0.1) is 0 Å². The van der Waals surface area contributed by atoms with Crippen LogP contribution in [0, 0.1) is 17.3 Å². The van der Waals surface area contributed by atoms with Crippen molar-refractivity contribution in [3.63, 3.8) is 0 Å². The molecule has 2 aliphatic carbocycles. The molecular formula is C24H28O5. The first-order chi connectivity index (χ1) is 14.0. The molecule has 0 spiro atoms. The fraction of sp³-hybridized carbons (Fsp3) is 0.542. The summed E-state index contributed by atoms with van der Waals surface area (Å²) in [6.45, 7) is 2.05. The monoisotopic (exact) mass is 396 g/mol. The minimum Gasteiger partial charge on any atom is -0.462 e. The van der Waals surface area contributed by atoms with Crippen molar-refractivity contribution in [3.8, 4) is 0 Å². The van der Waals surface area contributed by atoms with Gasteiger partial charge in [0, 0.05) is 23.7 Å². The second-order valence-corrected chi connectivity index (χ2v) is 8.86. The summed E-state index contributed by atoms with van der Waals surface area (Å²) in [5.74, 6) is -0.684. The molecule has 0 radical (unpaired) electrons. The van der Waals surface area contributed by atoms with Crippen molar-refractivity contribution in [2.24, 2.45) is 17.3 Å². The Morgan fingerprint density at radius 2 is 1.86 bits per heavy atom. The lowest BCUT2D eigenvalue weighted by Crippen LogP contribution is -2.29. The van der Waals surface area contributed by atoms with Gasteiger partial charge in [-0.05, 0) is 31.1 Å². The number of ketones is 1. The Kier molecular flexibility index (Phi) is 5.57. The van der Waals surface area contributed by atoms with Crippen LogP contribution < -0.4 is 0 Å². The number of benzene rings is 1. The van der Waals surface area contributed by atoms with Gasteiger partial charge in [-0.3, -0.25) is 9.59 Å². The molecule has 1 aliphatic heterocycles. The van der Waals surface area contributed by atoms with Crippen LogP contribution in [0.3, 0.4) is 0 Å². The molecule has 0 amide bonds. The van der Waals surface area contributed by atoms with Crippen LogP contribution in [-0.4, -0.2) is 29.9 Å². The third-order valence-corrected chi connectivity index (χ3v) is 6.84. The van der Waals surface area contributed by atoms with Crippen molar-refractivity contribution in [2.75, 3.05) is 0 Å². The van der Waals surface area contributed by atoms with Crippen LogP contribution >= 0.6 is 0 Å². The normalized spacial score (nSPS) is 30.7. The number of carbonyl (C=O) groups is 3. The van der Waals surface area contributed by atoms with Gasteiger partial charge in [-0.2, -0.15) is 0 Å². The predicted molar refractivity (Wildman–Crippen MR) is 107 cm³/mol. The summed E-state index contributed by atoms with van der Waals surface area (Å²) in [4.78, 5) is 37.2. The van der Waals surface area contributed by atoms with E-state index in [9.17, 15) is 14.4 Å². The van der Waals surface area contributed by atoms with E-state index >= 15 is 0 Å². The summed E-state index contributed by atoms with van der Waals surface area (Å²) in [5.41, 5.74) is 0.195. The minimum absolute atomic E-state index is 0.0423. The Morgan fingerprint density at radius 3 is 2.59 bits per heavy atom. The molecule has 3 fully saturated rings. The zero-order valence-corrected chi connectivity index (χ0v) is 16.8. The average molecular weight is 396 g/mol. The summed E-state index contributed by atoms with van der Waals surface area (Å²) < 4.78 is 11.2. The molecule has 1 aromatic rings. The molecule has 0 aromatic heterocycles. The molecule has 3 aliphatic rings. The Labute approximate surface area is 171 Å². The zero-order valence-electron chi connectivity index (χ0n) is 16.8. The second-order valence-electron chi connectivity index (χ2n) is 8.86. The number of rotatable bonds is 5. The molecule has 1 aromatic carbocycles. The van der Waals surface area contributed by atoms with Crippen molar-refractivity contribution in [1.82, 2.24) is 0 Å². The lowest BCUT2D eigenvalue weighted by molar-refractivity contribution is -0.141. The number of ether oxygens (including phenoxy) is 2. The van der Waals surface area contributed by atoms with E-state index in [2.05, 4.69) is 0 Å². The summed E-state index contributed by atoms with van der Waals surface area (Å²) in [6, 6.07) is 8.87. The molecule has 2 saturated carbocycles. The Balaban J connectivity index is 1.50. The minimum atomic E-state index is -0.394. The smallest absolute Gasteiger partial charge is 0.338 e. The highest BCUT2D eigenvalue weighted by molar-refractivity contribution is 5.94. The first-order valence-corrected chi connectivity index (χ1v) is 10.6. The molecule has 4 atom stereocenters. The van der Waals surface area contributed by atoms with E-state index < -0.39 is 6.10 Å². The van der Waals surface area contributed by atoms with Crippen LogP contribution in [0.5, 0.6) is 0 Å². The van der Waals surface area contributed by atoms with E-state index in [0.717, 1.165) is 25.7 Å². The molecule has 1 heterocycles. The van der Waals surface area contributed by atoms with Crippen molar-refractivity contribution < 1.29 is 23.9 Å². The Hall–Kier alpha value is -2.43. The third kappa shape index (κ3) is 4.14. The summed E-state index contributed by atoms with van der Waals surface area (Å²) in [5, 5.41) is 0. The van der Waals surface area contributed by atoms with Crippen LogP contribution in [0.4, 0.5) is 0 Å². The third-order valence-electron chi connectivity index (χ3n) is 6.84.